The normalized spacial score (nSPS) is 12.3. The number of carbonyl (C=O) groups is 4. The van der Waals surface area contributed by atoms with Crippen LogP contribution in [0, 0.1) is 0 Å². The van der Waals surface area contributed by atoms with Crippen LogP contribution in [0.5, 0.6) is 0 Å². The molecule has 0 fully saturated rings. The molecule has 0 bridgehead atoms. The lowest BCUT2D eigenvalue weighted by atomic mass is 10.0. The molecule has 0 aliphatic heterocycles. The van der Waals surface area contributed by atoms with Gasteiger partial charge in [0.15, 0.2) is 0 Å². The number of methoxy groups -OCH3 is 2. The maximum atomic E-state index is 12.8. The molecular weight excluding hydrogens is 566 g/mol. The van der Waals surface area contributed by atoms with E-state index >= 15 is 0 Å². The Morgan fingerprint density at radius 2 is 1.19 bits per heavy atom. The Bertz CT molecular complexity index is 1100. The minimum atomic E-state index is -0.958. The number of esters is 2. The maximum absolute atomic E-state index is 12.8. The lowest BCUT2D eigenvalue weighted by Gasteiger charge is -2.20. The highest BCUT2D eigenvalue weighted by atomic mass is 35.5. The van der Waals surface area contributed by atoms with Crippen LogP contribution in [0.1, 0.15) is 52.8 Å². The summed E-state index contributed by atoms with van der Waals surface area (Å²) >= 11 is 24.4. The first-order chi connectivity index (χ1) is 17.6. The van der Waals surface area contributed by atoms with Crippen molar-refractivity contribution >= 4 is 70.2 Å². The predicted octanol–water partition coefficient (Wildman–Crippen LogP) is 5.49. The fourth-order valence-electron chi connectivity index (χ4n) is 3.56. The van der Waals surface area contributed by atoms with Crippen LogP contribution < -0.4 is 10.6 Å². The van der Waals surface area contributed by atoms with E-state index in [9.17, 15) is 19.2 Å². The molecule has 200 valence electrons. The average molecular weight is 592 g/mol. The molecule has 12 heteroatoms. The molecule has 0 radical (unpaired) electrons. The quantitative estimate of drug-likeness (QED) is 0.249. The summed E-state index contributed by atoms with van der Waals surface area (Å²) in [5.74, 6) is -2.28. The average Bonchev–Trinajstić information content (AvgIpc) is 2.84. The summed E-state index contributed by atoms with van der Waals surface area (Å²) in [5.41, 5.74) is 0.159. The van der Waals surface area contributed by atoms with Gasteiger partial charge < -0.3 is 20.1 Å². The van der Waals surface area contributed by atoms with Crippen molar-refractivity contribution in [1.29, 1.82) is 0 Å². The third-order valence-corrected chi connectivity index (χ3v) is 6.70. The summed E-state index contributed by atoms with van der Waals surface area (Å²) in [5, 5.41) is 6.02. The smallest absolute Gasteiger partial charge is 0.328 e. The maximum Gasteiger partial charge on any atom is 0.328 e. The molecule has 2 aromatic carbocycles. The molecule has 2 N–H and O–H groups in total. The van der Waals surface area contributed by atoms with Crippen LogP contribution in [0.15, 0.2) is 36.4 Å². The number of hydrogen-bond acceptors (Lipinski definition) is 6. The van der Waals surface area contributed by atoms with Crippen LogP contribution in [0.25, 0.3) is 0 Å². The third-order valence-electron chi connectivity index (χ3n) is 5.44. The standard InChI is InChI=1S/C25H26Cl4N2O6/c1-36-20(32)13-14(30-23(33)21-15(26)8-5-9-16(21)27)7-3-4-12-19(25(35)37-2)31-24(34)22-17(28)10-6-11-18(22)29/h5-6,8-11,14,19H,3-4,7,12-13H2,1-2H3,(H,30,33)(H,31,34). The van der Waals surface area contributed by atoms with Gasteiger partial charge in [0, 0.05) is 6.04 Å². The predicted molar refractivity (Wildman–Crippen MR) is 143 cm³/mol. The van der Waals surface area contributed by atoms with Crippen LogP contribution in [0.3, 0.4) is 0 Å². The van der Waals surface area contributed by atoms with Crippen molar-refractivity contribution < 1.29 is 28.7 Å². The van der Waals surface area contributed by atoms with Crippen molar-refractivity contribution in [2.45, 2.75) is 44.2 Å². The van der Waals surface area contributed by atoms with Gasteiger partial charge >= 0.3 is 11.9 Å². The molecular formula is C25H26Cl4N2O6. The minimum absolute atomic E-state index is 0.0545. The topological polar surface area (TPSA) is 111 Å². The number of benzene rings is 2. The summed E-state index contributed by atoms with van der Waals surface area (Å²) in [6.07, 6.45) is 1.48. The highest BCUT2D eigenvalue weighted by Gasteiger charge is 2.25. The van der Waals surface area contributed by atoms with E-state index in [2.05, 4.69) is 10.6 Å². The van der Waals surface area contributed by atoms with Gasteiger partial charge in [0.05, 0.1) is 51.9 Å². The third kappa shape index (κ3) is 9.07. The van der Waals surface area contributed by atoms with Crippen molar-refractivity contribution in [3.05, 3.63) is 67.6 Å². The van der Waals surface area contributed by atoms with E-state index in [1.165, 1.54) is 38.5 Å². The van der Waals surface area contributed by atoms with Gasteiger partial charge in [-0.25, -0.2) is 4.79 Å². The summed E-state index contributed by atoms with van der Waals surface area (Å²) < 4.78 is 9.55. The Balaban J connectivity index is 2.02. The van der Waals surface area contributed by atoms with Gasteiger partial charge in [0.2, 0.25) is 0 Å². The van der Waals surface area contributed by atoms with Gasteiger partial charge in [-0.1, -0.05) is 71.4 Å². The first kappa shape index (κ1) is 30.7. The van der Waals surface area contributed by atoms with E-state index < -0.39 is 35.8 Å². The molecule has 2 atom stereocenters. The van der Waals surface area contributed by atoms with Gasteiger partial charge in [-0.05, 0) is 37.1 Å². The Hall–Kier alpha value is -2.52. The second-order valence-electron chi connectivity index (χ2n) is 7.98. The minimum Gasteiger partial charge on any atom is -0.469 e. The second-order valence-corrected chi connectivity index (χ2v) is 9.61. The van der Waals surface area contributed by atoms with Gasteiger partial charge in [0.25, 0.3) is 11.8 Å². The molecule has 0 aromatic heterocycles. The molecule has 2 unspecified atom stereocenters. The highest BCUT2D eigenvalue weighted by Crippen LogP contribution is 2.26. The molecule has 37 heavy (non-hydrogen) atoms. The van der Waals surface area contributed by atoms with E-state index in [0.29, 0.717) is 19.3 Å². The SMILES string of the molecule is COC(=O)CC(CCCCC(NC(=O)c1c(Cl)cccc1Cl)C(=O)OC)NC(=O)c1c(Cl)cccc1Cl. The summed E-state index contributed by atoms with van der Waals surface area (Å²) in [7, 11) is 2.47. The van der Waals surface area contributed by atoms with Gasteiger partial charge in [-0.15, -0.1) is 0 Å². The first-order valence-corrected chi connectivity index (χ1v) is 12.7. The number of nitrogens with one attached hydrogen (secondary N) is 2. The summed E-state index contributed by atoms with van der Waals surface area (Å²) in [6, 6.07) is 7.78. The largest absolute Gasteiger partial charge is 0.469 e. The van der Waals surface area contributed by atoms with Crippen LogP contribution in [-0.2, 0) is 19.1 Å². The number of amides is 2. The summed E-state index contributed by atoms with van der Waals surface area (Å²) in [4.78, 5) is 49.7. The molecule has 2 aromatic rings. The highest BCUT2D eigenvalue weighted by molar-refractivity contribution is 6.40. The molecule has 0 aliphatic carbocycles. The van der Waals surface area contributed by atoms with E-state index in [4.69, 9.17) is 55.9 Å². The Kier molecular flexibility index (Phi) is 12.5. The molecule has 0 spiro atoms. The number of halogens is 4. The number of carbonyl (C=O) groups excluding carboxylic acids is 4. The van der Waals surface area contributed by atoms with Gasteiger partial charge in [-0.3, -0.25) is 14.4 Å². The monoisotopic (exact) mass is 590 g/mol. The van der Waals surface area contributed by atoms with Crippen LogP contribution in [-0.4, -0.2) is 50.1 Å². The summed E-state index contributed by atoms with van der Waals surface area (Å²) in [6.45, 7) is 0. The Morgan fingerprint density at radius 3 is 1.65 bits per heavy atom. The van der Waals surface area contributed by atoms with E-state index in [0.717, 1.165) is 0 Å². The van der Waals surface area contributed by atoms with E-state index in [1.54, 1.807) is 12.1 Å². The van der Waals surface area contributed by atoms with Crippen molar-refractivity contribution in [3.8, 4) is 0 Å². The second kappa shape index (κ2) is 15.0. The molecule has 0 saturated carbocycles. The van der Waals surface area contributed by atoms with Crippen molar-refractivity contribution in [1.82, 2.24) is 10.6 Å². The fraction of sp³-hybridized carbons (Fsp3) is 0.360. The number of hydrogen-bond donors (Lipinski definition) is 2. The molecule has 0 heterocycles. The zero-order valence-corrected chi connectivity index (χ0v) is 23.1. The number of ether oxygens (including phenoxy) is 2. The zero-order chi connectivity index (χ0) is 27.5. The van der Waals surface area contributed by atoms with Crippen molar-refractivity contribution in [3.63, 3.8) is 0 Å². The Labute approximate surface area is 234 Å². The van der Waals surface area contributed by atoms with Gasteiger partial charge in [-0.2, -0.15) is 0 Å². The molecule has 8 nitrogen and oxygen atoms in total. The van der Waals surface area contributed by atoms with Crippen LogP contribution in [0.4, 0.5) is 0 Å². The fourth-order valence-corrected chi connectivity index (χ4v) is 4.70. The van der Waals surface area contributed by atoms with Crippen molar-refractivity contribution in [2.24, 2.45) is 0 Å². The van der Waals surface area contributed by atoms with E-state index in [-0.39, 0.29) is 44.1 Å². The lowest BCUT2D eigenvalue weighted by Crippen LogP contribution is -2.41. The zero-order valence-electron chi connectivity index (χ0n) is 20.1. The van der Waals surface area contributed by atoms with Crippen molar-refractivity contribution in [2.75, 3.05) is 14.2 Å². The molecule has 2 rings (SSSR count). The Morgan fingerprint density at radius 1 is 0.730 bits per heavy atom. The lowest BCUT2D eigenvalue weighted by molar-refractivity contribution is -0.143. The number of rotatable bonds is 12. The first-order valence-electron chi connectivity index (χ1n) is 11.2. The van der Waals surface area contributed by atoms with Crippen LogP contribution in [0.2, 0.25) is 20.1 Å². The number of unbranched alkanes of at least 4 members (excludes halogenated alkanes) is 1. The molecule has 0 aliphatic rings. The van der Waals surface area contributed by atoms with E-state index in [1.807, 2.05) is 0 Å². The molecule has 0 saturated heterocycles. The molecule has 2 amide bonds. The van der Waals surface area contributed by atoms with Gasteiger partial charge in [0.1, 0.15) is 6.04 Å². The van der Waals surface area contributed by atoms with Crippen LogP contribution >= 0.6 is 46.4 Å².